The van der Waals surface area contributed by atoms with Crippen molar-refractivity contribution in [2.75, 3.05) is 19.0 Å². The van der Waals surface area contributed by atoms with Gasteiger partial charge in [0.05, 0.1) is 29.9 Å². The molecule has 0 aliphatic carbocycles. The van der Waals surface area contributed by atoms with Crippen molar-refractivity contribution in [2.45, 2.75) is 6.92 Å². The number of nitrogens with one attached hydrogen (secondary N) is 2. The van der Waals surface area contributed by atoms with Gasteiger partial charge in [0.25, 0.3) is 5.91 Å². The van der Waals surface area contributed by atoms with Crippen molar-refractivity contribution < 1.29 is 19.1 Å². The Hall–Kier alpha value is -2.68. The number of esters is 1. The zero-order chi connectivity index (χ0) is 17.0. The van der Waals surface area contributed by atoms with Gasteiger partial charge in [-0.25, -0.2) is 4.79 Å². The van der Waals surface area contributed by atoms with Crippen LogP contribution in [0.5, 0.6) is 0 Å². The minimum absolute atomic E-state index is 0.0189. The third-order valence-corrected chi connectivity index (χ3v) is 4.00. The van der Waals surface area contributed by atoms with E-state index in [4.69, 9.17) is 0 Å². The van der Waals surface area contributed by atoms with Crippen LogP contribution >= 0.6 is 11.3 Å². The molecule has 2 N–H and O–H groups in total. The molecule has 2 rings (SSSR count). The lowest BCUT2D eigenvalue weighted by atomic mass is 10.3. The Morgan fingerprint density at radius 2 is 2.13 bits per heavy atom. The summed E-state index contributed by atoms with van der Waals surface area (Å²) in [6, 6.07) is 3.42. The number of amides is 2. The van der Waals surface area contributed by atoms with Crippen LogP contribution in [0.4, 0.5) is 5.69 Å². The lowest BCUT2D eigenvalue weighted by Crippen LogP contribution is -2.32. The SMILES string of the molecule is COC(=O)c1nn(C)c(C)c1NC(=O)CNC(=O)c1cccs1. The van der Waals surface area contributed by atoms with Gasteiger partial charge in [-0.05, 0) is 18.4 Å². The molecule has 122 valence electrons. The minimum Gasteiger partial charge on any atom is -0.464 e. The van der Waals surface area contributed by atoms with Gasteiger partial charge in [-0.15, -0.1) is 11.3 Å². The monoisotopic (exact) mass is 336 g/mol. The maximum atomic E-state index is 12.0. The highest BCUT2D eigenvalue weighted by atomic mass is 32.1. The zero-order valence-electron chi connectivity index (χ0n) is 12.9. The second kappa shape index (κ2) is 7.05. The average Bonchev–Trinajstić information content (AvgIpc) is 3.16. The number of methoxy groups -OCH3 is 1. The van der Waals surface area contributed by atoms with Crippen LogP contribution in [0.2, 0.25) is 0 Å². The number of ether oxygens (including phenoxy) is 1. The molecule has 0 radical (unpaired) electrons. The van der Waals surface area contributed by atoms with Gasteiger partial charge in [-0.3, -0.25) is 14.3 Å². The van der Waals surface area contributed by atoms with E-state index in [-0.39, 0.29) is 23.8 Å². The van der Waals surface area contributed by atoms with Gasteiger partial charge >= 0.3 is 5.97 Å². The van der Waals surface area contributed by atoms with E-state index in [0.29, 0.717) is 10.6 Å². The van der Waals surface area contributed by atoms with Gasteiger partial charge < -0.3 is 15.4 Å². The van der Waals surface area contributed by atoms with E-state index in [0.717, 1.165) is 0 Å². The lowest BCUT2D eigenvalue weighted by Gasteiger charge is -2.07. The van der Waals surface area contributed by atoms with Crippen molar-refractivity contribution >= 4 is 34.8 Å². The molecule has 23 heavy (non-hydrogen) atoms. The number of aryl methyl sites for hydroxylation is 1. The Bertz CT molecular complexity index is 736. The van der Waals surface area contributed by atoms with Gasteiger partial charge in [0, 0.05) is 7.05 Å². The zero-order valence-corrected chi connectivity index (χ0v) is 13.7. The standard InChI is InChI=1S/C14H16N4O4S/c1-8-11(12(14(21)22-3)17-18(8)2)16-10(19)7-15-13(20)9-5-4-6-23-9/h4-6H,7H2,1-3H3,(H,15,20)(H,16,19). The normalized spacial score (nSPS) is 10.2. The average molecular weight is 336 g/mol. The van der Waals surface area contributed by atoms with Crippen molar-refractivity contribution in [1.29, 1.82) is 0 Å². The van der Waals surface area contributed by atoms with E-state index in [1.165, 1.54) is 23.1 Å². The van der Waals surface area contributed by atoms with E-state index in [1.54, 1.807) is 31.5 Å². The van der Waals surface area contributed by atoms with Gasteiger partial charge in [0.2, 0.25) is 5.91 Å². The Kier molecular flexibility index (Phi) is 5.12. The molecule has 2 aromatic heterocycles. The Morgan fingerprint density at radius 1 is 1.39 bits per heavy atom. The first-order chi connectivity index (χ1) is 10.9. The summed E-state index contributed by atoms with van der Waals surface area (Å²) in [7, 11) is 2.88. The lowest BCUT2D eigenvalue weighted by molar-refractivity contribution is -0.115. The Morgan fingerprint density at radius 3 is 2.74 bits per heavy atom. The summed E-state index contributed by atoms with van der Waals surface area (Å²) in [6.45, 7) is 1.49. The number of carbonyl (C=O) groups excluding carboxylic acids is 3. The highest BCUT2D eigenvalue weighted by Crippen LogP contribution is 2.20. The van der Waals surface area contributed by atoms with Crippen molar-refractivity contribution in [3.05, 3.63) is 33.8 Å². The van der Waals surface area contributed by atoms with E-state index in [1.807, 2.05) is 0 Å². The maximum Gasteiger partial charge on any atom is 0.360 e. The Balaban J connectivity index is 2.03. The first-order valence-corrected chi connectivity index (χ1v) is 7.55. The molecule has 0 saturated heterocycles. The number of aromatic nitrogens is 2. The van der Waals surface area contributed by atoms with Crippen LogP contribution in [0.25, 0.3) is 0 Å². The number of anilines is 1. The molecule has 2 amide bonds. The third-order valence-electron chi connectivity index (χ3n) is 3.13. The fourth-order valence-electron chi connectivity index (χ4n) is 1.84. The third kappa shape index (κ3) is 3.75. The predicted octanol–water partition coefficient (Wildman–Crippen LogP) is 0.945. The molecule has 0 aliphatic heterocycles. The van der Waals surface area contributed by atoms with E-state index < -0.39 is 11.9 Å². The van der Waals surface area contributed by atoms with Gasteiger partial charge in [0.15, 0.2) is 5.69 Å². The van der Waals surface area contributed by atoms with Gasteiger partial charge in [0.1, 0.15) is 0 Å². The number of nitrogens with zero attached hydrogens (tertiary/aromatic N) is 2. The molecule has 2 heterocycles. The second-order valence-corrected chi connectivity index (χ2v) is 5.58. The summed E-state index contributed by atoms with van der Waals surface area (Å²) in [5.41, 5.74) is 0.892. The molecule has 0 unspecified atom stereocenters. The quantitative estimate of drug-likeness (QED) is 0.791. The van der Waals surface area contributed by atoms with Crippen molar-refractivity contribution in [3.8, 4) is 0 Å². The fourth-order valence-corrected chi connectivity index (χ4v) is 2.48. The molecule has 9 heteroatoms. The summed E-state index contributed by atoms with van der Waals surface area (Å²) in [5, 5.41) is 10.9. The first-order valence-electron chi connectivity index (χ1n) is 6.67. The Labute approximate surface area is 136 Å². The number of rotatable bonds is 5. The first kappa shape index (κ1) is 16.7. The number of hydrogen-bond donors (Lipinski definition) is 2. The van der Waals surface area contributed by atoms with E-state index in [9.17, 15) is 14.4 Å². The molecular formula is C14H16N4O4S. The molecule has 0 aliphatic rings. The van der Waals surface area contributed by atoms with Crippen LogP contribution in [0.1, 0.15) is 25.9 Å². The topological polar surface area (TPSA) is 102 Å². The van der Waals surface area contributed by atoms with Crippen LogP contribution in [-0.4, -0.2) is 41.2 Å². The van der Waals surface area contributed by atoms with Crippen LogP contribution < -0.4 is 10.6 Å². The van der Waals surface area contributed by atoms with Crippen LogP contribution in [-0.2, 0) is 16.6 Å². The largest absolute Gasteiger partial charge is 0.464 e. The summed E-state index contributed by atoms with van der Waals surface area (Å²) < 4.78 is 6.10. The van der Waals surface area contributed by atoms with Crippen LogP contribution in [0.15, 0.2) is 17.5 Å². The molecule has 0 aromatic carbocycles. The van der Waals surface area contributed by atoms with Gasteiger partial charge in [-0.2, -0.15) is 5.10 Å². The van der Waals surface area contributed by atoms with Crippen molar-refractivity contribution in [1.82, 2.24) is 15.1 Å². The summed E-state index contributed by atoms with van der Waals surface area (Å²) >= 11 is 1.28. The highest BCUT2D eigenvalue weighted by Gasteiger charge is 2.22. The number of thiophene rings is 1. The molecular weight excluding hydrogens is 320 g/mol. The molecule has 8 nitrogen and oxygen atoms in total. The molecule has 2 aromatic rings. The number of hydrogen-bond acceptors (Lipinski definition) is 6. The van der Waals surface area contributed by atoms with Crippen LogP contribution in [0.3, 0.4) is 0 Å². The minimum atomic E-state index is -0.647. The van der Waals surface area contributed by atoms with Crippen molar-refractivity contribution in [3.63, 3.8) is 0 Å². The molecule has 0 bridgehead atoms. The van der Waals surface area contributed by atoms with Crippen molar-refractivity contribution in [2.24, 2.45) is 7.05 Å². The predicted molar refractivity (Wildman–Crippen MR) is 84.6 cm³/mol. The smallest absolute Gasteiger partial charge is 0.360 e. The van der Waals surface area contributed by atoms with Crippen LogP contribution in [0, 0.1) is 6.92 Å². The summed E-state index contributed by atoms with van der Waals surface area (Å²) in [6.07, 6.45) is 0. The van der Waals surface area contributed by atoms with E-state index in [2.05, 4.69) is 20.5 Å². The fraction of sp³-hybridized carbons (Fsp3) is 0.286. The van der Waals surface area contributed by atoms with E-state index >= 15 is 0 Å². The molecule has 0 fully saturated rings. The molecule has 0 spiro atoms. The summed E-state index contributed by atoms with van der Waals surface area (Å²) in [4.78, 5) is 36.0. The molecule has 0 atom stereocenters. The maximum absolute atomic E-state index is 12.0. The highest BCUT2D eigenvalue weighted by molar-refractivity contribution is 7.12. The van der Waals surface area contributed by atoms with Gasteiger partial charge in [-0.1, -0.05) is 6.07 Å². The summed E-state index contributed by atoms with van der Waals surface area (Å²) in [5.74, 6) is -1.44. The number of carbonyl (C=O) groups is 3. The molecule has 0 saturated carbocycles. The second-order valence-electron chi connectivity index (χ2n) is 4.63.